The number of fused-ring (bicyclic) bond motifs is 2. The van der Waals surface area contributed by atoms with Crippen LogP contribution in [0.15, 0.2) is 29.0 Å². The smallest absolute Gasteiger partial charge is 0.241 e. The van der Waals surface area contributed by atoms with Gasteiger partial charge in [-0.25, -0.2) is 18.1 Å². The van der Waals surface area contributed by atoms with Gasteiger partial charge in [-0.1, -0.05) is 5.92 Å². The number of hydrogen-bond donors (Lipinski definition) is 4. The van der Waals surface area contributed by atoms with Crippen LogP contribution >= 0.6 is 0 Å². The van der Waals surface area contributed by atoms with Crippen molar-refractivity contribution in [1.29, 1.82) is 0 Å². The van der Waals surface area contributed by atoms with Gasteiger partial charge in [0.15, 0.2) is 0 Å². The van der Waals surface area contributed by atoms with Gasteiger partial charge < -0.3 is 15.7 Å². The van der Waals surface area contributed by atoms with Crippen molar-refractivity contribution >= 4 is 21.8 Å². The third-order valence-electron chi connectivity index (χ3n) is 4.30. The number of aliphatic hydroxyl groups is 1. The van der Waals surface area contributed by atoms with Crippen molar-refractivity contribution in [3.8, 4) is 12.3 Å². The molecule has 1 aromatic rings. The Hall–Kier alpha value is -2.41. The summed E-state index contributed by atoms with van der Waals surface area (Å²) in [5, 5.41) is 16.8. The van der Waals surface area contributed by atoms with Crippen LogP contribution in [0.4, 0.5) is 11.8 Å². The first-order valence-electron chi connectivity index (χ1n) is 8.97. The molecule has 4 N–H and O–H groups in total. The molecule has 0 radical (unpaired) electrons. The van der Waals surface area contributed by atoms with E-state index in [4.69, 9.17) is 6.42 Å². The summed E-state index contributed by atoms with van der Waals surface area (Å²) < 4.78 is 27.7. The van der Waals surface area contributed by atoms with Crippen LogP contribution in [0.2, 0.25) is 0 Å². The highest BCUT2D eigenvalue weighted by atomic mass is 32.2. The second-order valence-corrected chi connectivity index (χ2v) is 9.05. The van der Waals surface area contributed by atoms with E-state index in [1.807, 2.05) is 6.92 Å². The highest BCUT2D eigenvalue weighted by Crippen LogP contribution is 2.22. The molecule has 2 heterocycles. The zero-order chi connectivity index (χ0) is 20.9. The molecule has 1 aromatic heterocycles. The van der Waals surface area contributed by atoms with E-state index < -0.39 is 15.6 Å². The van der Waals surface area contributed by atoms with Gasteiger partial charge in [-0.15, -0.1) is 6.42 Å². The molecule has 0 saturated carbocycles. The van der Waals surface area contributed by atoms with Crippen LogP contribution in [0.5, 0.6) is 0 Å². The van der Waals surface area contributed by atoms with E-state index >= 15 is 0 Å². The summed E-state index contributed by atoms with van der Waals surface area (Å²) in [6.45, 7) is 7.19. The summed E-state index contributed by atoms with van der Waals surface area (Å²) in [4.78, 5) is 8.68. The highest BCUT2D eigenvalue weighted by Gasteiger charge is 2.28. The molecule has 9 heteroatoms. The Morgan fingerprint density at radius 3 is 2.75 bits per heavy atom. The molecule has 0 aromatic carbocycles. The molecule has 152 valence electrons. The molecule has 0 amide bonds. The van der Waals surface area contributed by atoms with E-state index in [-0.39, 0.29) is 17.5 Å². The molecular formula is C19H27N5O3S. The summed E-state index contributed by atoms with van der Waals surface area (Å²) in [5.41, 5.74) is 0.311. The Morgan fingerprint density at radius 1 is 1.39 bits per heavy atom. The maximum absolute atomic E-state index is 12.6. The highest BCUT2D eigenvalue weighted by molar-refractivity contribution is 7.93. The van der Waals surface area contributed by atoms with Gasteiger partial charge in [0.25, 0.3) is 0 Å². The van der Waals surface area contributed by atoms with E-state index in [0.29, 0.717) is 30.3 Å². The molecule has 2 rings (SSSR count). The van der Waals surface area contributed by atoms with E-state index in [1.165, 1.54) is 12.2 Å². The molecule has 2 bridgehead atoms. The summed E-state index contributed by atoms with van der Waals surface area (Å²) in [7, 11) is -3.77. The van der Waals surface area contributed by atoms with Crippen LogP contribution in [-0.2, 0) is 10.0 Å². The van der Waals surface area contributed by atoms with Gasteiger partial charge in [0, 0.05) is 30.1 Å². The summed E-state index contributed by atoms with van der Waals surface area (Å²) in [6.07, 6.45) is 10.6. The lowest BCUT2D eigenvalue weighted by Crippen LogP contribution is -2.43. The van der Waals surface area contributed by atoms with Crippen molar-refractivity contribution in [2.45, 2.75) is 52.2 Å². The number of nitrogens with one attached hydrogen (secondary N) is 3. The fraction of sp³-hybridized carbons (Fsp3) is 0.474. The molecule has 1 aliphatic rings. The first-order valence-corrected chi connectivity index (χ1v) is 10.4. The zero-order valence-electron chi connectivity index (χ0n) is 16.6. The zero-order valence-corrected chi connectivity index (χ0v) is 17.4. The van der Waals surface area contributed by atoms with Gasteiger partial charge >= 0.3 is 0 Å². The van der Waals surface area contributed by atoms with E-state index in [9.17, 15) is 13.5 Å². The summed E-state index contributed by atoms with van der Waals surface area (Å²) >= 11 is 0. The molecule has 28 heavy (non-hydrogen) atoms. The maximum atomic E-state index is 12.6. The van der Waals surface area contributed by atoms with E-state index in [0.717, 1.165) is 5.56 Å². The molecule has 1 atom stereocenters. The van der Waals surface area contributed by atoms with E-state index in [1.54, 1.807) is 27.0 Å². The van der Waals surface area contributed by atoms with Crippen LogP contribution in [-0.4, -0.2) is 41.7 Å². The minimum Gasteiger partial charge on any atom is -0.388 e. The lowest BCUT2D eigenvalue weighted by Gasteiger charge is -2.31. The standard InChI is InChI=1S/C19H27N5O3S/c1-6-8-15-11-14(3)22-18-20-12-13(2)17(24-18)23-16(19(4,5)25)9-7-10-21-28(15,26)27/h1,8,11-12,16,21,25H,7,9-10H2,2-5H3,(H2,20,22,23,24)/b14-11+,15-8+. The Morgan fingerprint density at radius 2 is 2.11 bits per heavy atom. The minimum absolute atomic E-state index is 0.0263. The monoisotopic (exact) mass is 405 g/mol. The average molecular weight is 406 g/mol. The molecule has 0 spiro atoms. The molecular weight excluding hydrogens is 378 g/mol. The number of hydrogen-bond acceptors (Lipinski definition) is 7. The number of terminal acetylenes is 1. The first kappa shape index (κ1) is 21.9. The molecule has 1 aliphatic heterocycles. The SMILES string of the molecule is C#C/C=C1\C=C(/C)Nc2ncc(C)c(n2)NC(C(C)(C)O)CCCNS1(=O)=O. The molecule has 8 nitrogen and oxygen atoms in total. The number of aryl methyl sites for hydroxylation is 1. The van der Waals surface area contributed by atoms with Crippen LogP contribution in [0.25, 0.3) is 0 Å². The predicted octanol–water partition coefficient (Wildman–Crippen LogP) is 1.88. The number of anilines is 2. The second kappa shape index (κ2) is 8.73. The quantitative estimate of drug-likeness (QED) is 0.527. The molecule has 0 fully saturated rings. The van der Waals surface area contributed by atoms with Crippen molar-refractivity contribution < 1.29 is 13.5 Å². The number of rotatable bonds is 1. The van der Waals surface area contributed by atoms with Crippen molar-refractivity contribution in [3.63, 3.8) is 0 Å². The predicted molar refractivity (Wildman–Crippen MR) is 111 cm³/mol. The van der Waals surface area contributed by atoms with Gasteiger partial charge in [-0.3, -0.25) is 0 Å². The number of nitrogens with zero attached hydrogens (tertiary/aromatic N) is 2. The van der Waals surface area contributed by atoms with Crippen LogP contribution in [0, 0.1) is 19.3 Å². The van der Waals surface area contributed by atoms with Gasteiger partial charge in [0.2, 0.25) is 16.0 Å². The van der Waals surface area contributed by atoms with Crippen LogP contribution < -0.4 is 15.4 Å². The normalized spacial score (nSPS) is 24.1. The van der Waals surface area contributed by atoms with Crippen LogP contribution in [0.3, 0.4) is 0 Å². The van der Waals surface area contributed by atoms with Gasteiger partial charge in [-0.05, 0) is 46.6 Å². The first-order chi connectivity index (χ1) is 13.0. The number of sulfonamides is 1. The van der Waals surface area contributed by atoms with Crippen molar-refractivity contribution in [1.82, 2.24) is 14.7 Å². The van der Waals surface area contributed by atoms with E-state index in [2.05, 4.69) is 31.2 Å². The lowest BCUT2D eigenvalue weighted by atomic mass is 9.94. The molecule has 1 unspecified atom stereocenters. The number of aromatic nitrogens is 2. The summed E-state index contributed by atoms with van der Waals surface area (Å²) in [6, 6.07) is -0.334. The van der Waals surface area contributed by atoms with Crippen molar-refractivity contribution in [3.05, 3.63) is 34.5 Å². The topological polar surface area (TPSA) is 116 Å². The average Bonchev–Trinajstić information content (AvgIpc) is 2.58. The van der Waals surface area contributed by atoms with Gasteiger partial charge in [0.05, 0.1) is 16.5 Å². The lowest BCUT2D eigenvalue weighted by molar-refractivity contribution is 0.0557. The van der Waals surface area contributed by atoms with Gasteiger partial charge in [0.1, 0.15) is 5.82 Å². The Kier molecular flexibility index (Phi) is 6.82. The Bertz CT molecular complexity index is 924. The maximum Gasteiger partial charge on any atom is 0.241 e. The molecule has 0 aliphatic carbocycles. The second-order valence-electron chi connectivity index (χ2n) is 7.28. The Balaban J connectivity index is 2.50. The fourth-order valence-corrected chi connectivity index (χ4v) is 3.85. The van der Waals surface area contributed by atoms with Gasteiger partial charge in [-0.2, -0.15) is 4.98 Å². The van der Waals surface area contributed by atoms with Crippen molar-refractivity contribution in [2.75, 3.05) is 17.2 Å². The number of allylic oxidation sites excluding steroid dienone is 3. The third kappa shape index (κ3) is 5.79. The largest absolute Gasteiger partial charge is 0.388 e. The molecule has 0 saturated heterocycles. The minimum atomic E-state index is -3.77. The Labute approximate surface area is 166 Å². The van der Waals surface area contributed by atoms with Crippen molar-refractivity contribution in [2.24, 2.45) is 0 Å². The van der Waals surface area contributed by atoms with Crippen LogP contribution in [0.1, 0.15) is 39.2 Å². The third-order valence-corrected chi connectivity index (χ3v) is 5.74. The fourth-order valence-electron chi connectivity index (χ4n) is 2.72. The summed E-state index contributed by atoms with van der Waals surface area (Å²) in [5.74, 6) is 3.17.